The molecule has 0 aliphatic heterocycles. The molecule has 6 nitrogen and oxygen atoms in total. The van der Waals surface area contributed by atoms with Gasteiger partial charge in [-0.1, -0.05) is 19.9 Å². The first kappa shape index (κ1) is 19.8. The summed E-state index contributed by atoms with van der Waals surface area (Å²) in [7, 11) is 0. The average molecular weight is 317 g/mol. The maximum atomic E-state index is 11.5. The number of amides is 1. The molecule has 4 N–H and O–H groups in total. The van der Waals surface area contributed by atoms with Crippen LogP contribution < -0.4 is 16.2 Å². The molecule has 0 saturated heterocycles. The molecule has 0 fully saturated rings. The van der Waals surface area contributed by atoms with Crippen molar-refractivity contribution in [2.45, 2.75) is 39.2 Å². The van der Waals surface area contributed by atoms with E-state index in [-0.39, 0.29) is 18.9 Å². The summed E-state index contributed by atoms with van der Waals surface area (Å²) < 4.78 is 5.34. The number of hydrazine groups is 1. The Bertz CT molecular complexity index is 325. The SMILES string of the molecule is C=CCNC(=S)NNC(=O)CC[C@H](O)COCCC(C)C. The van der Waals surface area contributed by atoms with Crippen molar-refractivity contribution in [2.75, 3.05) is 19.8 Å². The van der Waals surface area contributed by atoms with Crippen LogP contribution in [0.4, 0.5) is 0 Å². The van der Waals surface area contributed by atoms with Gasteiger partial charge in [0.15, 0.2) is 5.11 Å². The minimum absolute atomic E-state index is 0.200. The van der Waals surface area contributed by atoms with Gasteiger partial charge in [-0.2, -0.15) is 0 Å². The van der Waals surface area contributed by atoms with Crippen molar-refractivity contribution in [2.24, 2.45) is 5.92 Å². The summed E-state index contributed by atoms with van der Waals surface area (Å²) in [4.78, 5) is 11.5. The van der Waals surface area contributed by atoms with Crippen molar-refractivity contribution < 1.29 is 14.6 Å². The van der Waals surface area contributed by atoms with Crippen LogP contribution >= 0.6 is 12.2 Å². The molecule has 0 aromatic rings. The molecule has 1 amide bonds. The standard InChI is InChI=1S/C14H27N3O3S/c1-4-8-15-14(21)17-16-13(19)6-5-12(18)10-20-9-7-11(2)3/h4,11-12,18H,1,5-10H2,2-3H3,(H,16,19)(H2,15,17,21)/t12-/m0/s1. The summed E-state index contributed by atoms with van der Waals surface area (Å²) in [5, 5.41) is 12.8. The highest BCUT2D eigenvalue weighted by Crippen LogP contribution is 2.01. The number of thiocarbonyl (C=S) groups is 1. The molecule has 122 valence electrons. The van der Waals surface area contributed by atoms with Crippen molar-refractivity contribution in [1.82, 2.24) is 16.2 Å². The van der Waals surface area contributed by atoms with E-state index in [1.165, 1.54) is 0 Å². The Morgan fingerprint density at radius 2 is 2.10 bits per heavy atom. The fourth-order valence-electron chi connectivity index (χ4n) is 1.32. The third-order valence-corrected chi connectivity index (χ3v) is 2.82. The second kappa shape index (κ2) is 12.6. The molecule has 0 aliphatic rings. The molecule has 0 saturated carbocycles. The van der Waals surface area contributed by atoms with Gasteiger partial charge in [0.05, 0.1) is 12.7 Å². The fourth-order valence-corrected chi connectivity index (χ4v) is 1.45. The van der Waals surface area contributed by atoms with Gasteiger partial charge in [0.25, 0.3) is 0 Å². The van der Waals surface area contributed by atoms with E-state index < -0.39 is 6.10 Å². The van der Waals surface area contributed by atoms with Crippen LogP contribution in [0, 0.1) is 5.92 Å². The monoisotopic (exact) mass is 317 g/mol. The highest BCUT2D eigenvalue weighted by Gasteiger charge is 2.09. The Morgan fingerprint density at radius 3 is 2.71 bits per heavy atom. The predicted octanol–water partition coefficient (Wildman–Crippen LogP) is 0.871. The van der Waals surface area contributed by atoms with Gasteiger partial charge in [-0.3, -0.25) is 15.6 Å². The zero-order valence-corrected chi connectivity index (χ0v) is 13.7. The highest BCUT2D eigenvalue weighted by molar-refractivity contribution is 7.80. The molecule has 0 spiro atoms. The normalized spacial score (nSPS) is 11.8. The van der Waals surface area contributed by atoms with Crippen LogP contribution in [0.25, 0.3) is 0 Å². The lowest BCUT2D eigenvalue weighted by molar-refractivity contribution is -0.122. The number of hydrogen-bond acceptors (Lipinski definition) is 4. The summed E-state index contributed by atoms with van der Waals surface area (Å²) >= 11 is 4.91. The summed E-state index contributed by atoms with van der Waals surface area (Å²) in [5.41, 5.74) is 5.02. The van der Waals surface area contributed by atoms with E-state index in [4.69, 9.17) is 17.0 Å². The number of carbonyl (C=O) groups is 1. The molecule has 0 aromatic carbocycles. The van der Waals surface area contributed by atoms with Crippen molar-refractivity contribution in [3.63, 3.8) is 0 Å². The highest BCUT2D eigenvalue weighted by atomic mass is 32.1. The first-order chi connectivity index (χ1) is 9.95. The van der Waals surface area contributed by atoms with Crippen LogP contribution in [0.2, 0.25) is 0 Å². The second-order valence-corrected chi connectivity index (χ2v) is 5.53. The molecule has 0 aromatic heterocycles. The van der Waals surface area contributed by atoms with Crippen molar-refractivity contribution >= 4 is 23.2 Å². The van der Waals surface area contributed by atoms with Crippen LogP contribution in [0.5, 0.6) is 0 Å². The summed E-state index contributed by atoms with van der Waals surface area (Å²) in [6.45, 7) is 9.18. The number of hydrogen-bond donors (Lipinski definition) is 4. The van der Waals surface area contributed by atoms with Crippen molar-refractivity contribution in [3.8, 4) is 0 Å². The molecule has 21 heavy (non-hydrogen) atoms. The van der Waals surface area contributed by atoms with Gasteiger partial charge in [0.2, 0.25) is 5.91 Å². The molecule has 0 heterocycles. The largest absolute Gasteiger partial charge is 0.391 e. The van der Waals surface area contributed by atoms with Gasteiger partial charge >= 0.3 is 0 Å². The summed E-state index contributed by atoms with van der Waals surface area (Å²) in [6, 6.07) is 0. The van der Waals surface area contributed by atoms with E-state index in [0.717, 1.165) is 6.42 Å². The molecule has 7 heteroatoms. The minimum atomic E-state index is -0.631. The quantitative estimate of drug-likeness (QED) is 0.207. The van der Waals surface area contributed by atoms with Crippen molar-refractivity contribution in [3.05, 3.63) is 12.7 Å². The van der Waals surface area contributed by atoms with Crippen LogP contribution in [0.1, 0.15) is 33.1 Å². The second-order valence-electron chi connectivity index (χ2n) is 5.12. The third-order valence-electron chi connectivity index (χ3n) is 2.58. The third kappa shape index (κ3) is 13.6. The van der Waals surface area contributed by atoms with E-state index in [1.54, 1.807) is 6.08 Å². The van der Waals surface area contributed by atoms with E-state index in [1.807, 2.05) is 0 Å². The van der Waals surface area contributed by atoms with Crippen LogP contribution in [-0.4, -0.2) is 42.0 Å². The Morgan fingerprint density at radius 1 is 1.38 bits per heavy atom. The molecular weight excluding hydrogens is 290 g/mol. The van der Waals surface area contributed by atoms with E-state index in [0.29, 0.717) is 30.6 Å². The molecular formula is C14H27N3O3S. The Hall–Kier alpha value is -1.18. The molecule has 1 atom stereocenters. The van der Waals surface area contributed by atoms with E-state index in [9.17, 15) is 9.90 Å². The van der Waals surface area contributed by atoms with Gasteiger partial charge in [0.1, 0.15) is 0 Å². The van der Waals surface area contributed by atoms with Crippen molar-refractivity contribution in [1.29, 1.82) is 0 Å². The molecule has 0 bridgehead atoms. The Kier molecular flexibility index (Phi) is 11.8. The van der Waals surface area contributed by atoms with Gasteiger partial charge in [-0.25, -0.2) is 0 Å². The number of aliphatic hydroxyl groups excluding tert-OH is 1. The van der Waals surface area contributed by atoms with Crippen LogP contribution in [0.3, 0.4) is 0 Å². The van der Waals surface area contributed by atoms with E-state index >= 15 is 0 Å². The van der Waals surface area contributed by atoms with Gasteiger partial charge < -0.3 is 15.2 Å². The van der Waals surface area contributed by atoms with Gasteiger partial charge in [0, 0.05) is 19.6 Å². The lowest BCUT2D eigenvalue weighted by Crippen LogP contribution is -2.46. The van der Waals surface area contributed by atoms with E-state index in [2.05, 4.69) is 36.6 Å². The predicted molar refractivity (Wildman–Crippen MR) is 87.6 cm³/mol. The summed E-state index contributed by atoms with van der Waals surface area (Å²) in [5.74, 6) is 0.344. The minimum Gasteiger partial charge on any atom is -0.391 e. The first-order valence-electron chi connectivity index (χ1n) is 7.15. The summed E-state index contributed by atoms with van der Waals surface area (Å²) in [6.07, 6.45) is 2.54. The maximum Gasteiger partial charge on any atom is 0.238 e. The van der Waals surface area contributed by atoms with Crippen LogP contribution in [-0.2, 0) is 9.53 Å². The molecule has 0 unspecified atom stereocenters. The number of carbonyl (C=O) groups excluding carboxylic acids is 1. The molecule has 0 aliphatic carbocycles. The lowest BCUT2D eigenvalue weighted by Gasteiger charge is -2.13. The van der Waals surface area contributed by atoms with Gasteiger partial charge in [-0.05, 0) is 31.0 Å². The molecule has 0 rings (SSSR count). The Balaban J connectivity index is 3.58. The first-order valence-corrected chi connectivity index (χ1v) is 7.56. The Labute approximate surface area is 132 Å². The fraction of sp³-hybridized carbons (Fsp3) is 0.714. The van der Waals surface area contributed by atoms with Crippen LogP contribution in [0.15, 0.2) is 12.7 Å². The smallest absolute Gasteiger partial charge is 0.238 e. The number of aliphatic hydroxyl groups is 1. The number of rotatable bonds is 10. The number of ether oxygens (including phenoxy) is 1. The topological polar surface area (TPSA) is 82.6 Å². The zero-order chi connectivity index (χ0) is 16.1. The lowest BCUT2D eigenvalue weighted by atomic mass is 10.1. The average Bonchev–Trinajstić information content (AvgIpc) is 2.44. The maximum absolute atomic E-state index is 11.5. The molecule has 0 radical (unpaired) electrons. The number of nitrogens with one attached hydrogen (secondary N) is 3. The zero-order valence-electron chi connectivity index (χ0n) is 12.9. The van der Waals surface area contributed by atoms with Gasteiger partial charge in [-0.15, -0.1) is 6.58 Å².